The molecule has 1 amide bonds. The first kappa shape index (κ1) is 26.6. The quantitative estimate of drug-likeness (QED) is 0.207. The molecule has 0 aliphatic carbocycles. The van der Waals surface area contributed by atoms with Gasteiger partial charge in [-0.25, -0.2) is 4.98 Å². The third-order valence-electron chi connectivity index (χ3n) is 5.57. The lowest BCUT2D eigenvalue weighted by atomic mass is 9.80. The predicted molar refractivity (Wildman–Crippen MR) is 134 cm³/mol. The summed E-state index contributed by atoms with van der Waals surface area (Å²) in [6.45, 7) is 3.02. The highest BCUT2D eigenvalue weighted by Gasteiger charge is 2.37. The maximum absolute atomic E-state index is 12.9. The fourth-order valence-corrected chi connectivity index (χ4v) is 4.15. The molecule has 2 aromatic rings. The van der Waals surface area contributed by atoms with Crippen LogP contribution < -0.4 is 10.6 Å². The van der Waals surface area contributed by atoms with Crippen LogP contribution in [-0.4, -0.2) is 53.5 Å². The summed E-state index contributed by atoms with van der Waals surface area (Å²) in [5.41, 5.74) is 0.937. The number of benzene rings is 1. The molecule has 0 spiro atoms. The number of hydrogen-bond donors (Lipinski definition) is 3. The van der Waals surface area contributed by atoms with Crippen molar-refractivity contribution < 1.29 is 24.3 Å². The Kier molecular flexibility index (Phi) is 10.0. The highest BCUT2D eigenvalue weighted by Crippen LogP contribution is 2.39. The molecule has 0 radical (unpaired) electrons. The van der Waals surface area contributed by atoms with Crippen molar-refractivity contribution in [1.29, 1.82) is 0 Å². The first-order chi connectivity index (χ1) is 16.9. The van der Waals surface area contributed by atoms with Gasteiger partial charge in [0.1, 0.15) is 12.0 Å². The Balaban J connectivity index is 1.67. The molecule has 3 rings (SSSR count). The highest BCUT2D eigenvalue weighted by atomic mass is 79.9. The van der Waals surface area contributed by atoms with E-state index in [4.69, 9.17) is 9.47 Å². The van der Waals surface area contributed by atoms with Gasteiger partial charge >= 0.3 is 0 Å². The van der Waals surface area contributed by atoms with Crippen LogP contribution in [0, 0.1) is 16.0 Å². The van der Waals surface area contributed by atoms with Crippen LogP contribution in [0.2, 0.25) is 0 Å². The molecule has 1 aromatic heterocycles. The Morgan fingerprint density at radius 3 is 2.66 bits per heavy atom. The summed E-state index contributed by atoms with van der Waals surface area (Å²) >= 11 is 3.46. The minimum absolute atomic E-state index is 0.0605. The van der Waals surface area contributed by atoms with Gasteiger partial charge < -0.3 is 25.2 Å². The third-order valence-corrected chi connectivity index (χ3v) is 6.09. The normalized spacial score (nSPS) is 19.4. The fourth-order valence-electron chi connectivity index (χ4n) is 3.88. The molecule has 0 unspecified atom stereocenters. The van der Waals surface area contributed by atoms with Crippen LogP contribution in [0.3, 0.4) is 0 Å². The summed E-state index contributed by atoms with van der Waals surface area (Å²) in [6, 6.07) is 10.8. The molecule has 0 saturated carbocycles. The zero-order valence-electron chi connectivity index (χ0n) is 19.4. The standard InChI is InChI=1S/C24H29BrN4O6/c1-2-34-24-19(4-3-13-30)20(16-5-7-17(25)8-6-16)14-21(35-24)23(31)27-12-11-26-22-10-9-18(15-28-22)29(32)33/h5-10,14-15,19-20,24,30H,2-4,11-13H2,1H3,(H,26,28)(H,27,31)/t19-,20+,24+/m0/s1. The fraction of sp³-hybridized carbons (Fsp3) is 0.417. The van der Waals surface area contributed by atoms with Gasteiger partial charge in [0, 0.05) is 48.7 Å². The van der Waals surface area contributed by atoms with E-state index in [2.05, 4.69) is 31.5 Å². The zero-order chi connectivity index (χ0) is 25.2. The van der Waals surface area contributed by atoms with Gasteiger partial charge in [-0.2, -0.15) is 0 Å². The van der Waals surface area contributed by atoms with Gasteiger partial charge in [0.25, 0.3) is 11.6 Å². The van der Waals surface area contributed by atoms with Gasteiger partial charge in [-0.05, 0) is 49.6 Å². The van der Waals surface area contributed by atoms with Crippen LogP contribution in [0.1, 0.15) is 31.2 Å². The van der Waals surface area contributed by atoms with Crippen molar-refractivity contribution in [2.75, 3.05) is 31.6 Å². The molecule has 35 heavy (non-hydrogen) atoms. The van der Waals surface area contributed by atoms with E-state index >= 15 is 0 Å². The van der Waals surface area contributed by atoms with Gasteiger partial charge in [-0.15, -0.1) is 0 Å². The van der Waals surface area contributed by atoms with E-state index in [1.165, 1.54) is 18.3 Å². The van der Waals surface area contributed by atoms with Crippen molar-refractivity contribution in [3.63, 3.8) is 0 Å². The number of nitrogens with one attached hydrogen (secondary N) is 2. The Bertz CT molecular complexity index is 1020. The Labute approximate surface area is 212 Å². The van der Waals surface area contributed by atoms with Crippen LogP contribution in [-0.2, 0) is 14.3 Å². The van der Waals surface area contributed by atoms with Gasteiger partial charge in [0.15, 0.2) is 5.76 Å². The highest BCUT2D eigenvalue weighted by molar-refractivity contribution is 9.10. The van der Waals surface area contributed by atoms with Crippen LogP contribution in [0.5, 0.6) is 0 Å². The minimum Gasteiger partial charge on any atom is -0.459 e. The largest absolute Gasteiger partial charge is 0.459 e. The predicted octanol–water partition coefficient (Wildman–Crippen LogP) is 3.73. The number of aliphatic hydroxyl groups excluding tert-OH is 1. The second-order valence-corrected chi connectivity index (χ2v) is 8.84. The molecule has 1 aliphatic heterocycles. The van der Waals surface area contributed by atoms with E-state index in [1.807, 2.05) is 37.3 Å². The number of amides is 1. The number of nitrogens with zero attached hydrogens (tertiary/aromatic N) is 2. The number of carbonyl (C=O) groups is 1. The second-order valence-electron chi connectivity index (χ2n) is 7.92. The van der Waals surface area contributed by atoms with Crippen molar-refractivity contribution in [2.24, 2.45) is 5.92 Å². The number of hydrogen-bond acceptors (Lipinski definition) is 8. The second kappa shape index (κ2) is 13.2. The first-order valence-corrected chi connectivity index (χ1v) is 12.2. The first-order valence-electron chi connectivity index (χ1n) is 11.4. The third kappa shape index (κ3) is 7.48. The molecule has 1 aliphatic rings. The monoisotopic (exact) mass is 548 g/mol. The molecule has 2 heterocycles. The molecule has 10 nitrogen and oxygen atoms in total. The molecular weight excluding hydrogens is 520 g/mol. The lowest BCUT2D eigenvalue weighted by molar-refractivity contribution is -0.385. The summed E-state index contributed by atoms with van der Waals surface area (Å²) < 4.78 is 12.8. The minimum atomic E-state index is -0.617. The lowest BCUT2D eigenvalue weighted by Crippen LogP contribution is -2.39. The Morgan fingerprint density at radius 1 is 1.26 bits per heavy atom. The number of carbonyl (C=O) groups excluding carboxylic acids is 1. The number of ether oxygens (including phenoxy) is 2. The van der Waals surface area contributed by atoms with E-state index < -0.39 is 11.2 Å². The van der Waals surface area contributed by atoms with E-state index in [-0.39, 0.29) is 42.3 Å². The van der Waals surface area contributed by atoms with Crippen molar-refractivity contribution in [1.82, 2.24) is 10.3 Å². The smallest absolute Gasteiger partial charge is 0.287 e. The van der Waals surface area contributed by atoms with Crippen molar-refractivity contribution in [3.05, 3.63) is 74.6 Å². The van der Waals surface area contributed by atoms with Gasteiger partial charge in [0.05, 0.1) is 4.92 Å². The average molecular weight is 549 g/mol. The Morgan fingerprint density at radius 2 is 2.03 bits per heavy atom. The number of aromatic nitrogens is 1. The molecule has 0 fully saturated rings. The summed E-state index contributed by atoms with van der Waals surface area (Å²) in [5.74, 6) is 0.107. The topological polar surface area (TPSA) is 136 Å². The molecule has 188 valence electrons. The molecule has 3 N–H and O–H groups in total. The van der Waals surface area contributed by atoms with E-state index in [9.17, 15) is 20.0 Å². The van der Waals surface area contributed by atoms with Crippen LogP contribution in [0.15, 0.2) is 58.9 Å². The van der Waals surface area contributed by atoms with Gasteiger partial charge in [-0.1, -0.05) is 28.1 Å². The number of anilines is 1. The number of rotatable bonds is 12. The molecule has 11 heteroatoms. The molecule has 0 saturated heterocycles. The lowest BCUT2D eigenvalue weighted by Gasteiger charge is -2.37. The van der Waals surface area contributed by atoms with E-state index in [1.54, 1.807) is 0 Å². The average Bonchev–Trinajstić information content (AvgIpc) is 2.86. The van der Waals surface area contributed by atoms with E-state index in [0.717, 1.165) is 10.0 Å². The maximum atomic E-state index is 12.9. The molecule has 0 bridgehead atoms. The summed E-state index contributed by atoms with van der Waals surface area (Å²) in [6.07, 6.45) is 3.65. The van der Waals surface area contributed by atoms with Gasteiger partial charge in [0.2, 0.25) is 6.29 Å². The Hall–Kier alpha value is -3.02. The maximum Gasteiger partial charge on any atom is 0.287 e. The summed E-state index contributed by atoms with van der Waals surface area (Å²) in [5, 5.41) is 25.9. The van der Waals surface area contributed by atoms with E-state index in [0.29, 0.717) is 31.8 Å². The van der Waals surface area contributed by atoms with Crippen LogP contribution in [0.4, 0.5) is 11.5 Å². The van der Waals surface area contributed by atoms with Crippen molar-refractivity contribution in [2.45, 2.75) is 32.0 Å². The summed E-state index contributed by atoms with van der Waals surface area (Å²) in [4.78, 5) is 27.1. The molecule has 3 atom stereocenters. The number of pyridine rings is 1. The zero-order valence-corrected chi connectivity index (χ0v) is 20.9. The summed E-state index contributed by atoms with van der Waals surface area (Å²) in [7, 11) is 0. The number of allylic oxidation sites excluding steroid dienone is 1. The van der Waals surface area contributed by atoms with Crippen LogP contribution >= 0.6 is 15.9 Å². The van der Waals surface area contributed by atoms with Crippen molar-refractivity contribution >= 4 is 33.3 Å². The number of nitro groups is 1. The molecule has 1 aromatic carbocycles. The van der Waals surface area contributed by atoms with Crippen molar-refractivity contribution in [3.8, 4) is 0 Å². The number of aliphatic hydroxyl groups is 1. The number of halogens is 1. The van der Waals surface area contributed by atoms with Crippen LogP contribution in [0.25, 0.3) is 0 Å². The van der Waals surface area contributed by atoms with Gasteiger partial charge in [-0.3, -0.25) is 14.9 Å². The molecular formula is C24H29BrN4O6. The SMILES string of the molecule is CCO[C@@H]1OC(C(=O)NCCNc2ccc([N+](=O)[O-])cn2)=C[C@H](c2ccc(Br)cc2)[C@@H]1CCCO.